The van der Waals surface area contributed by atoms with E-state index in [1.54, 1.807) is 25.3 Å². The topological polar surface area (TPSA) is 42.4 Å². The molecular weight excluding hydrogens is 221 g/mol. The van der Waals surface area contributed by atoms with Crippen molar-refractivity contribution >= 4 is 0 Å². The first kappa shape index (κ1) is 11.5. The molecule has 0 aliphatic rings. The van der Waals surface area contributed by atoms with E-state index in [9.17, 15) is 9.50 Å². The Kier molecular flexibility index (Phi) is 3.35. The summed E-state index contributed by atoms with van der Waals surface area (Å²) < 4.78 is 18.1. The third-order valence-electron chi connectivity index (χ3n) is 2.28. The van der Waals surface area contributed by atoms with Crippen molar-refractivity contribution in [2.24, 2.45) is 0 Å². The summed E-state index contributed by atoms with van der Waals surface area (Å²) in [5.41, 5.74) is 0.720. The molecule has 0 saturated heterocycles. The molecule has 88 valence electrons. The highest BCUT2D eigenvalue weighted by atomic mass is 19.1. The van der Waals surface area contributed by atoms with Crippen LogP contribution in [0.2, 0.25) is 0 Å². The van der Waals surface area contributed by atoms with Gasteiger partial charge in [0, 0.05) is 12.3 Å². The molecule has 1 N–H and O–H groups in total. The first-order valence-electron chi connectivity index (χ1n) is 5.22. The van der Waals surface area contributed by atoms with Crippen LogP contribution >= 0.6 is 0 Å². The van der Waals surface area contributed by atoms with Gasteiger partial charge in [0.15, 0.2) is 0 Å². The van der Waals surface area contributed by atoms with Gasteiger partial charge in [-0.2, -0.15) is 0 Å². The van der Waals surface area contributed by atoms with Gasteiger partial charge in [-0.15, -0.1) is 0 Å². The molecule has 0 amide bonds. The predicted octanol–water partition coefficient (Wildman–Crippen LogP) is 3.07. The van der Waals surface area contributed by atoms with Gasteiger partial charge < -0.3 is 9.84 Å². The predicted molar refractivity (Wildman–Crippen MR) is 61.3 cm³/mol. The van der Waals surface area contributed by atoms with E-state index in [4.69, 9.17) is 4.74 Å². The molecule has 3 nitrogen and oxygen atoms in total. The molecule has 0 saturated carbocycles. The number of hydrogen-bond acceptors (Lipinski definition) is 3. The van der Waals surface area contributed by atoms with Crippen molar-refractivity contribution in [1.29, 1.82) is 0 Å². The fourth-order valence-corrected chi connectivity index (χ4v) is 1.36. The maximum absolute atomic E-state index is 12.7. The second-order valence-corrected chi connectivity index (χ2v) is 3.66. The van der Waals surface area contributed by atoms with Crippen LogP contribution in [-0.4, -0.2) is 10.1 Å². The second kappa shape index (κ2) is 4.93. The molecule has 0 spiro atoms. The number of hydrogen-bond donors (Lipinski definition) is 1. The number of aliphatic hydroxyl groups excluding tert-OH is 1. The summed E-state index contributed by atoms with van der Waals surface area (Å²) in [6.45, 7) is 1.66. The minimum absolute atomic E-state index is 0.317. The zero-order chi connectivity index (χ0) is 12.3. The molecule has 2 aromatic rings. The molecule has 1 aromatic carbocycles. The lowest BCUT2D eigenvalue weighted by Gasteiger charge is -2.08. The summed E-state index contributed by atoms with van der Waals surface area (Å²) >= 11 is 0. The number of pyridine rings is 1. The third kappa shape index (κ3) is 3.01. The molecular formula is C13H12FNO2. The Morgan fingerprint density at radius 3 is 2.59 bits per heavy atom. The molecule has 1 atom stereocenters. The number of halogens is 1. The summed E-state index contributed by atoms with van der Waals surface area (Å²) in [6, 6.07) is 9.02. The standard InChI is InChI=1S/C13H12FNO2/c1-9(16)10-6-7-15-13(8-10)17-12-4-2-11(14)3-5-12/h2-9,16H,1H3. The number of aliphatic hydroxyl groups is 1. The van der Waals surface area contributed by atoms with E-state index in [0.717, 1.165) is 5.56 Å². The van der Waals surface area contributed by atoms with E-state index >= 15 is 0 Å². The number of ether oxygens (including phenoxy) is 1. The molecule has 0 bridgehead atoms. The van der Waals surface area contributed by atoms with Gasteiger partial charge in [0.2, 0.25) is 5.88 Å². The SMILES string of the molecule is CC(O)c1ccnc(Oc2ccc(F)cc2)c1. The van der Waals surface area contributed by atoms with E-state index < -0.39 is 6.10 Å². The van der Waals surface area contributed by atoms with Crippen LogP contribution in [0.25, 0.3) is 0 Å². The van der Waals surface area contributed by atoms with Crippen LogP contribution in [0, 0.1) is 5.82 Å². The van der Waals surface area contributed by atoms with Gasteiger partial charge >= 0.3 is 0 Å². The molecule has 0 aliphatic heterocycles. The molecule has 1 heterocycles. The molecule has 17 heavy (non-hydrogen) atoms. The van der Waals surface area contributed by atoms with Gasteiger partial charge in [-0.1, -0.05) is 0 Å². The Balaban J connectivity index is 2.18. The lowest BCUT2D eigenvalue weighted by molar-refractivity contribution is 0.198. The molecule has 2 rings (SSSR count). The van der Waals surface area contributed by atoms with Gasteiger partial charge in [-0.05, 0) is 42.8 Å². The molecule has 1 aromatic heterocycles. The van der Waals surface area contributed by atoms with Crippen molar-refractivity contribution in [1.82, 2.24) is 4.98 Å². The Morgan fingerprint density at radius 1 is 1.24 bits per heavy atom. The van der Waals surface area contributed by atoms with Gasteiger partial charge in [0.25, 0.3) is 0 Å². The summed E-state index contributed by atoms with van der Waals surface area (Å²) in [5, 5.41) is 9.42. The maximum atomic E-state index is 12.7. The van der Waals surface area contributed by atoms with Crippen molar-refractivity contribution < 1.29 is 14.2 Å². The Bertz CT molecular complexity index is 497. The summed E-state index contributed by atoms with van der Waals surface area (Å²) in [6.07, 6.45) is 0.981. The van der Waals surface area contributed by atoms with E-state index in [2.05, 4.69) is 4.98 Å². The Labute approximate surface area is 98.5 Å². The van der Waals surface area contributed by atoms with E-state index in [1.807, 2.05) is 0 Å². The molecule has 0 fully saturated rings. The number of aromatic nitrogens is 1. The van der Waals surface area contributed by atoms with Crippen LogP contribution in [-0.2, 0) is 0 Å². The largest absolute Gasteiger partial charge is 0.439 e. The Morgan fingerprint density at radius 2 is 1.94 bits per heavy atom. The normalized spacial score (nSPS) is 12.2. The van der Waals surface area contributed by atoms with Crippen LogP contribution in [0.4, 0.5) is 4.39 Å². The fourth-order valence-electron chi connectivity index (χ4n) is 1.36. The maximum Gasteiger partial charge on any atom is 0.219 e. The average Bonchev–Trinajstić information content (AvgIpc) is 2.32. The van der Waals surface area contributed by atoms with Crippen molar-refractivity contribution in [3.8, 4) is 11.6 Å². The molecule has 0 aliphatic carbocycles. The Hall–Kier alpha value is -1.94. The van der Waals surface area contributed by atoms with Gasteiger partial charge in [0.1, 0.15) is 11.6 Å². The van der Waals surface area contributed by atoms with Crippen molar-refractivity contribution in [3.63, 3.8) is 0 Å². The van der Waals surface area contributed by atoms with Gasteiger partial charge in [-0.25, -0.2) is 9.37 Å². The monoisotopic (exact) mass is 233 g/mol. The fraction of sp³-hybridized carbons (Fsp3) is 0.154. The van der Waals surface area contributed by atoms with Crippen molar-refractivity contribution in [2.45, 2.75) is 13.0 Å². The zero-order valence-electron chi connectivity index (χ0n) is 9.30. The smallest absolute Gasteiger partial charge is 0.219 e. The number of rotatable bonds is 3. The van der Waals surface area contributed by atoms with Gasteiger partial charge in [-0.3, -0.25) is 0 Å². The van der Waals surface area contributed by atoms with Crippen molar-refractivity contribution in [2.75, 3.05) is 0 Å². The van der Waals surface area contributed by atoms with Crippen LogP contribution < -0.4 is 4.74 Å². The minimum Gasteiger partial charge on any atom is -0.439 e. The minimum atomic E-state index is -0.575. The first-order chi connectivity index (χ1) is 8.15. The molecule has 0 radical (unpaired) electrons. The molecule has 4 heteroatoms. The van der Waals surface area contributed by atoms with E-state index in [0.29, 0.717) is 11.6 Å². The van der Waals surface area contributed by atoms with E-state index in [-0.39, 0.29) is 5.82 Å². The first-order valence-corrected chi connectivity index (χ1v) is 5.22. The van der Waals surface area contributed by atoms with Crippen LogP contribution in [0.3, 0.4) is 0 Å². The quantitative estimate of drug-likeness (QED) is 0.885. The third-order valence-corrected chi connectivity index (χ3v) is 2.28. The summed E-state index contributed by atoms with van der Waals surface area (Å²) in [5.74, 6) is 0.555. The van der Waals surface area contributed by atoms with Crippen molar-refractivity contribution in [3.05, 3.63) is 54.0 Å². The summed E-state index contributed by atoms with van der Waals surface area (Å²) in [4.78, 5) is 4.01. The van der Waals surface area contributed by atoms with Crippen LogP contribution in [0.5, 0.6) is 11.6 Å². The lowest BCUT2D eigenvalue weighted by atomic mass is 10.2. The van der Waals surface area contributed by atoms with Crippen LogP contribution in [0.15, 0.2) is 42.6 Å². The highest BCUT2D eigenvalue weighted by Gasteiger charge is 2.04. The summed E-state index contributed by atoms with van der Waals surface area (Å²) in [7, 11) is 0. The zero-order valence-corrected chi connectivity index (χ0v) is 9.30. The van der Waals surface area contributed by atoms with E-state index in [1.165, 1.54) is 24.3 Å². The number of nitrogens with zero attached hydrogens (tertiary/aromatic N) is 1. The number of benzene rings is 1. The molecule has 1 unspecified atom stereocenters. The highest BCUT2D eigenvalue weighted by molar-refractivity contribution is 5.29. The highest BCUT2D eigenvalue weighted by Crippen LogP contribution is 2.22. The average molecular weight is 233 g/mol. The lowest BCUT2D eigenvalue weighted by Crippen LogP contribution is -1.94. The van der Waals surface area contributed by atoms with Gasteiger partial charge in [0.05, 0.1) is 6.10 Å². The second-order valence-electron chi connectivity index (χ2n) is 3.66. The van der Waals surface area contributed by atoms with Crippen LogP contribution in [0.1, 0.15) is 18.6 Å².